The van der Waals surface area contributed by atoms with E-state index in [2.05, 4.69) is 5.32 Å². The lowest BCUT2D eigenvalue weighted by atomic mass is 10.1. The van der Waals surface area contributed by atoms with Crippen LogP contribution in [0.5, 0.6) is 11.5 Å². The molecule has 2 rings (SSSR count). The smallest absolute Gasteiger partial charge is 0.251 e. The van der Waals surface area contributed by atoms with E-state index >= 15 is 0 Å². The molecule has 0 saturated heterocycles. The second-order valence-electron chi connectivity index (χ2n) is 3.97. The number of rotatable bonds is 3. The highest BCUT2D eigenvalue weighted by atomic mass is 16.6. The third-order valence-corrected chi connectivity index (χ3v) is 2.54. The minimum Gasteiger partial charge on any atom is -0.486 e. The van der Waals surface area contributed by atoms with E-state index in [4.69, 9.17) is 15.2 Å². The van der Waals surface area contributed by atoms with E-state index in [1.807, 2.05) is 6.92 Å². The maximum atomic E-state index is 11.8. The van der Waals surface area contributed by atoms with Gasteiger partial charge in [-0.05, 0) is 25.1 Å². The van der Waals surface area contributed by atoms with Crippen LogP contribution in [-0.2, 0) is 0 Å². The van der Waals surface area contributed by atoms with Gasteiger partial charge in [-0.25, -0.2) is 0 Å². The molecule has 0 spiro atoms. The Morgan fingerprint density at radius 1 is 1.41 bits per heavy atom. The van der Waals surface area contributed by atoms with Gasteiger partial charge in [0.05, 0.1) is 0 Å². The second-order valence-corrected chi connectivity index (χ2v) is 3.97. The third kappa shape index (κ3) is 2.68. The number of ether oxygens (including phenoxy) is 2. The lowest BCUT2D eigenvalue weighted by molar-refractivity contribution is 0.0940. The van der Waals surface area contributed by atoms with Crippen molar-refractivity contribution in [3.05, 3.63) is 23.8 Å². The number of nitrogens with one attached hydrogen (secondary N) is 1. The van der Waals surface area contributed by atoms with Crippen molar-refractivity contribution in [3.63, 3.8) is 0 Å². The molecule has 0 radical (unpaired) electrons. The number of amides is 1. The van der Waals surface area contributed by atoms with Crippen molar-refractivity contribution in [2.45, 2.75) is 13.0 Å². The monoisotopic (exact) mass is 236 g/mol. The molecule has 1 aromatic carbocycles. The van der Waals surface area contributed by atoms with Crippen molar-refractivity contribution in [2.24, 2.45) is 5.73 Å². The number of nitrogens with two attached hydrogens (primary N) is 1. The Labute approximate surface area is 99.9 Å². The Hall–Kier alpha value is -1.75. The molecule has 0 fully saturated rings. The number of carbonyl (C=O) groups is 1. The highest BCUT2D eigenvalue weighted by Gasteiger charge is 2.15. The summed E-state index contributed by atoms with van der Waals surface area (Å²) in [6.07, 6.45) is 0. The van der Waals surface area contributed by atoms with Crippen LogP contribution >= 0.6 is 0 Å². The molecule has 1 amide bonds. The first-order valence-electron chi connectivity index (χ1n) is 5.61. The first kappa shape index (κ1) is 11.7. The zero-order valence-electron chi connectivity index (χ0n) is 9.73. The fraction of sp³-hybridized carbons (Fsp3) is 0.417. The van der Waals surface area contributed by atoms with E-state index in [1.54, 1.807) is 18.2 Å². The molecule has 92 valence electrons. The largest absolute Gasteiger partial charge is 0.486 e. The molecule has 0 bridgehead atoms. The summed E-state index contributed by atoms with van der Waals surface area (Å²) in [5, 5.41) is 2.79. The predicted octanol–water partition coefficient (Wildman–Crippen LogP) is 0.535. The summed E-state index contributed by atoms with van der Waals surface area (Å²) in [4.78, 5) is 11.8. The molecule has 0 aliphatic carbocycles. The molecule has 1 aliphatic rings. The van der Waals surface area contributed by atoms with Gasteiger partial charge in [0.25, 0.3) is 5.91 Å². The maximum Gasteiger partial charge on any atom is 0.251 e. The molecule has 0 saturated carbocycles. The SMILES string of the molecule is C[C@H](CN)NC(=O)c1ccc2c(c1)OCCO2. The molecule has 1 aliphatic heterocycles. The van der Waals surface area contributed by atoms with Gasteiger partial charge in [-0.2, -0.15) is 0 Å². The van der Waals surface area contributed by atoms with Gasteiger partial charge in [0.15, 0.2) is 11.5 Å². The summed E-state index contributed by atoms with van der Waals surface area (Å²) in [5.41, 5.74) is 6.00. The highest BCUT2D eigenvalue weighted by Crippen LogP contribution is 2.30. The number of hydrogen-bond donors (Lipinski definition) is 2. The van der Waals surface area contributed by atoms with Crippen LogP contribution in [0.3, 0.4) is 0 Å². The van der Waals surface area contributed by atoms with E-state index in [-0.39, 0.29) is 11.9 Å². The molecule has 17 heavy (non-hydrogen) atoms. The third-order valence-electron chi connectivity index (χ3n) is 2.54. The standard InChI is InChI=1S/C12H16N2O3/c1-8(7-13)14-12(15)9-2-3-10-11(6-9)17-5-4-16-10/h2-3,6,8H,4-5,7,13H2,1H3,(H,14,15)/t8-/m1/s1. The molecular formula is C12H16N2O3. The number of hydrogen-bond acceptors (Lipinski definition) is 4. The molecule has 1 atom stereocenters. The van der Waals surface area contributed by atoms with Gasteiger partial charge in [0.2, 0.25) is 0 Å². The van der Waals surface area contributed by atoms with Crippen molar-refractivity contribution in [1.82, 2.24) is 5.32 Å². The van der Waals surface area contributed by atoms with Crippen LogP contribution in [0.1, 0.15) is 17.3 Å². The number of fused-ring (bicyclic) bond motifs is 1. The molecule has 0 aromatic heterocycles. The Kier molecular flexibility index (Phi) is 3.49. The fourth-order valence-electron chi connectivity index (χ4n) is 1.55. The van der Waals surface area contributed by atoms with Crippen molar-refractivity contribution in [3.8, 4) is 11.5 Å². The van der Waals surface area contributed by atoms with E-state index < -0.39 is 0 Å². The predicted molar refractivity (Wildman–Crippen MR) is 63.4 cm³/mol. The molecular weight excluding hydrogens is 220 g/mol. The fourth-order valence-corrected chi connectivity index (χ4v) is 1.55. The Balaban J connectivity index is 2.13. The van der Waals surface area contributed by atoms with Gasteiger partial charge < -0.3 is 20.5 Å². The molecule has 5 heteroatoms. The summed E-state index contributed by atoms with van der Waals surface area (Å²) < 4.78 is 10.8. The average molecular weight is 236 g/mol. The van der Waals surface area contributed by atoms with Crippen LogP contribution < -0.4 is 20.5 Å². The lowest BCUT2D eigenvalue weighted by Gasteiger charge is -2.19. The van der Waals surface area contributed by atoms with Crippen LogP contribution in [0.4, 0.5) is 0 Å². The number of benzene rings is 1. The Morgan fingerprint density at radius 3 is 2.82 bits per heavy atom. The van der Waals surface area contributed by atoms with Crippen LogP contribution in [0, 0.1) is 0 Å². The lowest BCUT2D eigenvalue weighted by Crippen LogP contribution is -2.37. The van der Waals surface area contributed by atoms with Crippen LogP contribution in [-0.4, -0.2) is 31.7 Å². The minimum absolute atomic E-state index is 0.0456. The minimum atomic E-state index is -0.153. The van der Waals surface area contributed by atoms with Gasteiger partial charge in [-0.1, -0.05) is 0 Å². The zero-order valence-corrected chi connectivity index (χ0v) is 9.73. The van der Waals surface area contributed by atoms with Crippen molar-refractivity contribution in [2.75, 3.05) is 19.8 Å². The molecule has 1 heterocycles. The van der Waals surface area contributed by atoms with Crippen LogP contribution in [0.15, 0.2) is 18.2 Å². The molecule has 5 nitrogen and oxygen atoms in total. The van der Waals surface area contributed by atoms with E-state index in [1.165, 1.54) is 0 Å². The van der Waals surface area contributed by atoms with Gasteiger partial charge in [0.1, 0.15) is 13.2 Å². The summed E-state index contributed by atoms with van der Waals surface area (Å²) in [6.45, 7) is 3.33. The summed E-state index contributed by atoms with van der Waals surface area (Å²) in [5.74, 6) is 1.14. The first-order chi connectivity index (χ1) is 8.20. The summed E-state index contributed by atoms with van der Waals surface area (Å²) in [7, 11) is 0. The summed E-state index contributed by atoms with van der Waals surface area (Å²) >= 11 is 0. The topological polar surface area (TPSA) is 73.6 Å². The maximum absolute atomic E-state index is 11.8. The summed E-state index contributed by atoms with van der Waals surface area (Å²) in [6, 6.07) is 5.10. The van der Waals surface area contributed by atoms with Crippen molar-refractivity contribution in [1.29, 1.82) is 0 Å². The van der Waals surface area contributed by atoms with E-state index in [9.17, 15) is 4.79 Å². The van der Waals surface area contributed by atoms with Gasteiger partial charge in [-0.3, -0.25) is 4.79 Å². The normalized spacial score (nSPS) is 15.2. The van der Waals surface area contributed by atoms with Crippen molar-refractivity contribution >= 4 is 5.91 Å². The number of carbonyl (C=O) groups excluding carboxylic acids is 1. The first-order valence-corrected chi connectivity index (χ1v) is 5.61. The highest BCUT2D eigenvalue weighted by molar-refractivity contribution is 5.95. The van der Waals surface area contributed by atoms with Gasteiger partial charge in [-0.15, -0.1) is 0 Å². The second kappa shape index (κ2) is 5.05. The molecule has 1 aromatic rings. The quantitative estimate of drug-likeness (QED) is 0.803. The van der Waals surface area contributed by atoms with Gasteiger partial charge in [0, 0.05) is 18.2 Å². The van der Waals surface area contributed by atoms with Gasteiger partial charge >= 0.3 is 0 Å². The Bertz CT molecular complexity index is 420. The Morgan fingerprint density at radius 2 is 2.12 bits per heavy atom. The molecule has 3 N–H and O–H groups in total. The van der Waals surface area contributed by atoms with Crippen LogP contribution in [0.2, 0.25) is 0 Å². The zero-order chi connectivity index (χ0) is 12.3. The van der Waals surface area contributed by atoms with Crippen molar-refractivity contribution < 1.29 is 14.3 Å². The van der Waals surface area contributed by atoms with E-state index in [0.717, 1.165) is 0 Å². The van der Waals surface area contributed by atoms with E-state index in [0.29, 0.717) is 36.8 Å². The average Bonchev–Trinajstić information content (AvgIpc) is 2.38. The molecule has 0 unspecified atom stereocenters. The van der Waals surface area contributed by atoms with Crippen LogP contribution in [0.25, 0.3) is 0 Å².